The van der Waals surface area contributed by atoms with Crippen LogP contribution in [0.25, 0.3) is 22.8 Å². The fourth-order valence-corrected chi connectivity index (χ4v) is 5.10. The molecule has 2 N–H and O–H groups in total. The molecule has 0 aromatic carbocycles. The number of aromatic amines is 1. The Bertz CT molecular complexity index is 1090. The molecule has 3 aromatic rings. The Morgan fingerprint density at radius 3 is 2.63 bits per heavy atom. The number of nitrogens with zero attached hydrogens (tertiary/aromatic N) is 5. The molecule has 0 aliphatic heterocycles. The van der Waals surface area contributed by atoms with Crippen molar-refractivity contribution in [2.45, 2.75) is 70.9 Å². The van der Waals surface area contributed by atoms with Crippen molar-refractivity contribution in [1.82, 2.24) is 29.7 Å². The number of H-pyrrole nitrogens is 1. The van der Waals surface area contributed by atoms with Crippen LogP contribution >= 0.6 is 15.9 Å². The minimum atomic E-state index is -0.630. The second-order valence-electron chi connectivity index (χ2n) is 8.63. The zero-order valence-corrected chi connectivity index (χ0v) is 18.6. The van der Waals surface area contributed by atoms with E-state index in [0.29, 0.717) is 23.3 Å². The van der Waals surface area contributed by atoms with Crippen molar-refractivity contribution in [3.63, 3.8) is 0 Å². The van der Waals surface area contributed by atoms with Gasteiger partial charge in [-0.1, -0.05) is 30.8 Å². The van der Waals surface area contributed by atoms with Gasteiger partial charge in [-0.2, -0.15) is 0 Å². The third kappa shape index (κ3) is 3.77. The van der Waals surface area contributed by atoms with Crippen molar-refractivity contribution in [3.05, 3.63) is 15.3 Å². The Labute approximate surface area is 182 Å². The Morgan fingerprint density at radius 1 is 1.17 bits per heavy atom. The van der Waals surface area contributed by atoms with Crippen LogP contribution in [0.1, 0.15) is 58.3 Å². The van der Waals surface area contributed by atoms with E-state index < -0.39 is 5.76 Å². The van der Waals surface area contributed by atoms with E-state index in [4.69, 9.17) is 4.98 Å². The van der Waals surface area contributed by atoms with Crippen LogP contribution in [0, 0.1) is 11.8 Å². The lowest BCUT2D eigenvalue weighted by molar-refractivity contribution is 0.285. The van der Waals surface area contributed by atoms with E-state index in [1.54, 1.807) is 0 Å². The van der Waals surface area contributed by atoms with Crippen molar-refractivity contribution in [2.24, 2.45) is 11.8 Å². The smallest absolute Gasteiger partial charge is 0.365 e. The predicted molar refractivity (Wildman–Crippen MR) is 116 cm³/mol. The molecule has 10 heteroatoms. The maximum atomic E-state index is 11.4. The van der Waals surface area contributed by atoms with Crippen molar-refractivity contribution in [3.8, 4) is 11.6 Å². The molecule has 0 saturated heterocycles. The van der Waals surface area contributed by atoms with Crippen molar-refractivity contribution >= 4 is 32.9 Å². The van der Waals surface area contributed by atoms with Crippen LogP contribution in [0.4, 0.5) is 5.82 Å². The van der Waals surface area contributed by atoms with Gasteiger partial charge in [0.15, 0.2) is 16.2 Å². The maximum absolute atomic E-state index is 11.4. The summed E-state index contributed by atoms with van der Waals surface area (Å²) in [6, 6.07) is 0.290. The Morgan fingerprint density at radius 2 is 1.97 bits per heavy atom. The number of aromatic nitrogens is 6. The van der Waals surface area contributed by atoms with E-state index in [2.05, 4.69) is 57.4 Å². The Balaban J connectivity index is 1.58. The van der Waals surface area contributed by atoms with Crippen LogP contribution in [0.3, 0.4) is 0 Å². The summed E-state index contributed by atoms with van der Waals surface area (Å²) in [6.45, 7) is 3.10. The van der Waals surface area contributed by atoms with Crippen LogP contribution in [0.15, 0.2) is 14.1 Å². The van der Waals surface area contributed by atoms with Crippen LogP contribution < -0.4 is 11.1 Å². The van der Waals surface area contributed by atoms with Gasteiger partial charge in [-0.05, 0) is 60.4 Å². The molecule has 2 aliphatic rings. The SMILES string of the molecule is CC(Nc1nc(-c2noc(=O)[nH]2)nc2nc(Br)n(CC3CCCCC3)c12)C1CCC1. The zero-order valence-electron chi connectivity index (χ0n) is 17.0. The molecule has 0 spiro atoms. The second-order valence-corrected chi connectivity index (χ2v) is 9.34. The fraction of sp³-hybridized carbons (Fsp3) is 0.650. The number of anilines is 1. The van der Waals surface area contributed by atoms with E-state index in [1.807, 2.05) is 0 Å². The van der Waals surface area contributed by atoms with Crippen LogP contribution in [-0.2, 0) is 6.54 Å². The largest absolute Gasteiger partial charge is 0.439 e. The van der Waals surface area contributed by atoms with Gasteiger partial charge in [0.25, 0.3) is 0 Å². The molecule has 0 bridgehead atoms. The summed E-state index contributed by atoms with van der Waals surface area (Å²) in [5.41, 5.74) is 1.48. The van der Waals surface area contributed by atoms with Gasteiger partial charge in [0.05, 0.1) is 0 Å². The maximum Gasteiger partial charge on any atom is 0.439 e. The number of imidazole rings is 1. The van der Waals surface area contributed by atoms with Crippen LogP contribution in [0.2, 0.25) is 0 Å². The summed E-state index contributed by atoms with van der Waals surface area (Å²) >= 11 is 3.64. The number of nitrogens with one attached hydrogen (secondary N) is 2. The minimum Gasteiger partial charge on any atom is -0.365 e. The highest BCUT2D eigenvalue weighted by atomic mass is 79.9. The lowest BCUT2D eigenvalue weighted by Gasteiger charge is -2.32. The van der Waals surface area contributed by atoms with Gasteiger partial charge in [0, 0.05) is 12.6 Å². The van der Waals surface area contributed by atoms with Gasteiger partial charge in [0.1, 0.15) is 5.52 Å². The van der Waals surface area contributed by atoms with E-state index in [9.17, 15) is 4.79 Å². The summed E-state index contributed by atoms with van der Waals surface area (Å²) < 4.78 is 7.59. The molecule has 160 valence electrons. The minimum absolute atomic E-state index is 0.208. The van der Waals surface area contributed by atoms with Crippen molar-refractivity contribution in [1.29, 1.82) is 0 Å². The average molecular weight is 476 g/mol. The summed E-state index contributed by atoms with van der Waals surface area (Å²) in [6.07, 6.45) is 10.1. The van der Waals surface area contributed by atoms with Gasteiger partial charge in [-0.25, -0.2) is 19.7 Å². The van der Waals surface area contributed by atoms with Crippen LogP contribution in [0.5, 0.6) is 0 Å². The van der Waals surface area contributed by atoms with E-state index >= 15 is 0 Å². The fourth-order valence-electron chi connectivity index (χ4n) is 4.61. The number of fused-ring (bicyclic) bond motifs is 1. The highest BCUT2D eigenvalue weighted by Gasteiger charge is 2.27. The molecule has 3 heterocycles. The number of hydrogen-bond donors (Lipinski definition) is 2. The van der Waals surface area contributed by atoms with E-state index in [1.165, 1.54) is 51.4 Å². The number of hydrogen-bond acceptors (Lipinski definition) is 7. The molecule has 2 fully saturated rings. The molecule has 9 nitrogen and oxygen atoms in total. The monoisotopic (exact) mass is 475 g/mol. The first-order valence-corrected chi connectivity index (χ1v) is 11.6. The Kier molecular flexibility index (Phi) is 5.34. The lowest BCUT2D eigenvalue weighted by Crippen LogP contribution is -2.31. The zero-order chi connectivity index (χ0) is 20.7. The topological polar surface area (TPSA) is 115 Å². The van der Waals surface area contributed by atoms with Gasteiger partial charge in [-0.15, -0.1) is 0 Å². The molecular formula is C20H26BrN7O2. The molecule has 3 aromatic heterocycles. The third-order valence-corrected chi connectivity index (χ3v) is 7.20. The highest BCUT2D eigenvalue weighted by molar-refractivity contribution is 9.10. The molecule has 2 aliphatic carbocycles. The molecule has 1 unspecified atom stereocenters. The first-order chi connectivity index (χ1) is 14.6. The molecule has 2 saturated carbocycles. The molecule has 5 rings (SSSR count). The quantitative estimate of drug-likeness (QED) is 0.515. The van der Waals surface area contributed by atoms with Crippen LogP contribution in [-0.4, -0.2) is 35.7 Å². The summed E-state index contributed by atoms with van der Waals surface area (Å²) in [5, 5.41) is 7.37. The highest BCUT2D eigenvalue weighted by Crippen LogP contribution is 2.34. The first kappa shape index (κ1) is 19.7. The molecule has 1 atom stereocenters. The average Bonchev–Trinajstić information content (AvgIpc) is 3.24. The number of halogens is 1. The van der Waals surface area contributed by atoms with Crippen molar-refractivity contribution < 1.29 is 4.52 Å². The molecule has 30 heavy (non-hydrogen) atoms. The van der Waals surface area contributed by atoms with E-state index in [-0.39, 0.29) is 11.9 Å². The number of rotatable bonds is 6. The first-order valence-electron chi connectivity index (χ1n) is 10.8. The standard InChI is InChI=1S/C20H26BrN7O2/c1-11(13-8-5-9-13)22-15-14-16(24-17(23-15)18-26-20(29)30-27-18)25-19(21)28(14)10-12-6-3-2-4-7-12/h11-13H,2-10H2,1H3,(H,22,23,24)(H,26,27,29). The summed E-state index contributed by atoms with van der Waals surface area (Å²) in [4.78, 5) is 27.9. The van der Waals surface area contributed by atoms with Gasteiger partial charge in [-0.3, -0.25) is 9.51 Å². The Hall–Kier alpha value is -2.23. The predicted octanol–water partition coefficient (Wildman–Crippen LogP) is 4.11. The normalized spacial score (nSPS) is 19.1. The molecule has 0 amide bonds. The third-order valence-electron chi connectivity index (χ3n) is 6.60. The van der Waals surface area contributed by atoms with Crippen molar-refractivity contribution in [2.75, 3.05) is 5.32 Å². The summed E-state index contributed by atoms with van der Waals surface area (Å²) in [7, 11) is 0. The van der Waals surface area contributed by atoms with Gasteiger partial charge in [0.2, 0.25) is 11.6 Å². The summed E-state index contributed by atoms with van der Waals surface area (Å²) in [5.74, 6) is 1.88. The molecular weight excluding hydrogens is 450 g/mol. The second kappa shape index (κ2) is 8.13. The lowest BCUT2D eigenvalue weighted by atomic mass is 9.80. The van der Waals surface area contributed by atoms with Gasteiger partial charge < -0.3 is 9.88 Å². The van der Waals surface area contributed by atoms with Gasteiger partial charge >= 0.3 is 5.76 Å². The molecule has 0 radical (unpaired) electrons. The van der Waals surface area contributed by atoms with E-state index in [0.717, 1.165) is 22.6 Å².